The van der Waals surface area contributed by atoms with Crippen molar-refractivity contribution in [3.63, 3.8) is 0 Å². The molecular formula is C7H2BrClF3NO4S. The molecule has 1 rings (SSSR count). The van der Waals surface area contributed by atoms with E-state index in [1.54, 1.807) is 0 Å². The number of hydrogen-bond donors (Lipinski definition) is 0. The highest BCUT2D eigenvalue weighted by Gasteiger charge is 2.44. The summed E-state index contributed by atoms with van der Waals surface area (Å²) >= 11 is 2.68. The Kier molecular flexibility index (Phi) is 3.94. The number of benzene rings is 1. The zero-order valence-corrected chi connectivity index (χ0v) is 11.2. The number of halogens is 5. The van der Waals surface area contributed by atoms with Gasteiger partial charge in [-0.15, -0.1) is 0 Å². The number of nitrogens with zero attached hydrogens (tertiary/aromatic N) is 1. The maximum atomic E-state index is 12.7. The summed E-state index contributed by atoms with van der Waals surface area (Å²) in [5.74, 6) is 0. The SMILES string of the molecule is O=[N+]([O-])c1cc(Br)cc(S(=O)(=O)Cl)c1C(F)(F)F. The molecule has 0 saturated heterocycles. The van der Waals surface area contributed by atoms with Crippen molar-refractivity contribution in [2.75, 3.05) is 0 Å². The van der Waals surface area contributed by atoms with Crippen molar-refractivity contribution in [1.82, 2.24) is 0 Å². The average molecular weight is 369 g/mol. The van der Waals surface area contributed by atoms with Gasteiger partial charge in [-0.25, -0.2) is 8.42 Å². The van der Waals surface area contributed by atoms with Gasteiger partial charge in [-0.1, -0.05) is 15.9 Å². The summed E-state index contributed by atoms with van der Waals surface area (Å²) in [6.45, 7) is 0. The normalized spacial score (nSPS) is 12.5. The van der Waals surface area contributed by atoms with E-state index in [4.69, 9.17) is 10.7 Å². The third-order valence-electron chi connectivity index (χ3n) is 1.79. The molecule has 0 N–H and O–H groups in total. The van der Waals surface area contributed by atoms with Crippen LogP contribution in [0.25, 0.3) is 0 Å². The fourth-order valence-electron chi connectivity index (χ4n) is 1.19. The Hall–Kier alpha value is -0.870. The Morgan fingerprint density at radius 1 is 1.33 bits per heavy atom. The highest BCUT2D eigenvalue weighted by Crippen LogP contribution is 2.42. The summed E-state index contributed by atoms with van der Waals surface area (Å²) in [7, 11) is 0.0698. The van der Waals surface area contributed by atoms with E-state index >= 15 is 0 Å². The molecular weight excluding hydrogens is 366 g/mol. The molecule has 0 heterocycles. The summed E-state index contributed by atoms with van der Waals surface area (Å²) in [5.41, 5.74) is -3.29. The van der Waals surface area contributed by atoms with Gasteiger partial charge in [0.2, 0.25) is 0 Å². The molecule has 18 heavy (non-hydrogen) atoms. The van der Waals surface area contributed by atoms with Crippen LogP contribution in [0, 0.1) is 10.1 Å². The topological polar surface area (TPSA) is 77.3 Å². The largest absolute Gasteiger partial charge is 0.424 e. The summed E-state index contributed by atoms with van der Waals surface area (Å²) in [6, 6.07) is 1.10. The predicted octanol–water partition coefficient (Wildman–Crippen LogP) is 3.30. The van der Waals surface area contributed by atoms with E-state index in [-0.39, 0.29) is 4.47 Å². The van der Waals surface area contributed by atoms with Gasteiger partial charge >= 0.3 is 6.18 Å². The lowest BCUT2D eigenvalue weighted by Crippen LogP contribution is -2.14. The van der Waals surface area contributed by atoms with Crippen LogP contribution in [0.15, 0.2) is 21.5 Å². The minimum atomic E-state index is -5.22. The van der Waals surface area contributed by atoms with Gasteiger partial charge in [0.15, 0.2) is 5.56 Å². The number of alkyl halides is 3. The van der Waals surface area contributed by atoms with E-state index in [0.29, 0.717) is 12.1 Å². The summed E-state index contributed by atoms with van der Waals surface area (Å²) in [5, 5.41) is 10.5. The van der Waals surface area contributed by atoms with E-state index in [1.807, 2.05) is 0 Å². The lowest BCUT2D eigenvalue weighted by atomic mass is 10.2. The lowest BCUT2D eigenvalue weighted by Gasteiger charge is -2.11. The van der Waals surface area contributed by atoms with Crippen LogP contribution in [-0.4, -0.2) is 13.3 Å². The Balaban J connectivity index is 3.88. The predicted molar refractivity (Wildman–Crippen MR) is 58.8 cm³/mol. The van der Waals surface area contributed by atoms with Gasteiger partial charge in [-0.05, 0) is 6.07 Å². The maximum absolute atomic E-state index is 12.7. The first-order chi connectivity index (χ1) is 7.94. The fraction of sp³-hybridized carbons (Fsp3) is 0.143. The molecule has 100 valence electrons. The van der Waals surface area contributed by atoms with Crippen molar-refractivity contribution in [3.05, 3.63) is 32.3 Å². The van der Waals surface area contributed by atoms with Gasteiger partial charge in [-0.2, -0.15) is 13.2 Å². The van der Waals surface area contributed by atoms with E-state index in [1.165, 1.54) is 0 Å². The highest BCUT2D eigenvalue weighted by molar-refractivity contribution is 9.10. The molecule has 0 aliphatic carbocycles. The molecule has 0 radical (unpaired) electrons. The highest BCUT2D eigenvalue weighted by atomic mass is 79.9. The van der Waals surface area contributed by atoms with Gasteiger partial charge in [0.05, 0.1) is 4.92 Å². The van der Waals surface area contributed by atoms with E-state index < -0.39 is 36.3 Å². The zero-order chi connectivity index (χ0) is 14.3. The Bertz CT molecular complexity index is 616. The van der Waals surface area contributed by atoms with E-state index in [9.17, 15) is 31.7 Å². The lowest BCUT2D eigenvalue weighted by molar-refractivity contribution is -0.388. The number of rotatable bonds is 2. The second kappa shape index (κ2) is 4.67. The Labute approximate surface area is 111 Å². The first-order valence-corrected chi connectivity index (χ1v) is 7.04. The first kappa shape index (κ1) is 15.2. The molecule has 5 nitrogen and oxygen atoms in total. The van der Waals surface area contributed by atoms with Crippen molar-refractivity contribution in [2.24, 2.45) is 0 Å². The molecule has 0 atom stereocenters. The molecule has 0 aliphatic rings. The van der Waals surface area contributed by atoms with Crippen molar-refractivity contribution in [3.8, 4) is 0 Å². The van der Waals surface area contributed by atoms with Crippen molar-refractivity contribution in [2.45, 2.75) is 11.1 Å². The smallest absolute Gasteiger partial charge is 0.258 e. The number of hydrogen-bond acceptors (Lipinski definition) is 4. The molecule has 1 aromatic carbocycles. The number of nitro benzene ring substituents is 1. The van der Waals surface area contributed by atoms with Crippen molar-refractivity contribution in [1.29, 1.82) is 0 Å². The number of nitro groups is 1. The van der Waals surface area contributed by atoms with Gasteiger partial charge in [0.25, 0.3) is 14.7 Å². The second-order valence-electron chi connectivity index (χ2n) is 2.99. The summed E-state index contributed by atoms with van der Waals surface area (Å²) in [4.78, 5) is 7.85. The molecule has 0 bridgehead atoms. The van der Waals surface area contributed by atoms with Crippen LogP contribution in [0.2, 0.25) is 0 Å². The van der Waals surface area contributed by atoms with Crippen LogP contribution in [0.1, 0.15) is 5.56 Å². The second-order valence-corrected chi connectivity index (χ2v) is 6.44. The van der Waals surface area contributed by atoms with Crippen LogP contribution in [0.3, 0.4) is 0 Å². The molecule has 11 heteroatoms. The van der Waals surface area contributed by atoms with Crippen LogP contribution in [0.4, 0.5) is 18.9 Å². The quantitative estimate of drug-likeness (QED) is 0.456. The van der Waals surface area contributed by atoms with Gasteiger partial charge < -0.3 is 0 Å². The van der Waals surface area contributed by atoms with Gasteiger partial charge in [0.1, 0.15) is 4.90 Å². The van der Waals surface area contributed by atoms with Crippen molar-refractivity contribution < 1.29 is 26.5 Å². The van der Waals surface area contributed by atoms with E-state index in [2.05, 4.69) is 15.9 Å². The molecule has 1 aromatic rings. The Morgan fingerprint density at radius 3 is 2.17 bits per heavy atom. The van der Waals surface area contributed by atoms with E-state index in [0.717, 1.165) is 0 Å². The molecule has 0 fully saturated rings. The zero-order valence-electron chi connectivity index (χ0n) is 8.03. The van der Waals surface area contributed by atoms with Crippen molar-refractivity contribution >= 4 is 41.4 Å². The standard InChI is InChI=1S/C7H2BrClF3NO4S/c8-3-1-4(13(14)15)6(7(10,11)12)5(2-3)18(9,16)17/h1-2H. The summed E-state index contributed by atoms with van der Waals surface area (Å²) in [6.07, 6.45) is -5.22. The molecule has 0 aromatic heterocycles. The molecule has 0 spiro atoms. The average Bonchev–Trinajstić information content (AvgIpc) is 2.12. The van der Waals surface area contributed by atoms with Crippen LogP contribution in [0.5, 0.6) is 0 Å². The minimum absolute atomic E-state index is 0.207. The third-order valence-corrected chi connectivity index (χ3v) is 3.59. The minimum Gasteiger partial charge on any atom is -0.258 e. The first-order valence-electron chi connectivity index (χ1n) is 3.94. The third kappa shape index (κ3) is 3.12. The van der Waals surface area contributed by atoms with Crippen LogP contribution < -0.4 is 0 Å². The van der Waals surface area contributed by atoms with Gasteiger partial charge in [0, 0.05) is 21.2 Å². The van der Waals surface area contributed by atoms with Crippen LogP contribution >= 0.6 is 26.6 Å². The molecule has 0 unspecified atom stereocenters. The van der Waals surface area contributed by atoms with Crippen LogP contribution in [-0.2, 0) is 15.2 Å². The molecule has 0 saturated carbocycles. The maximum Gasteiger partial charge on any atom is 0.424 e. The van der Waals surface area contributed by atoms with Gasteiger partial charge in [-0.3, -0.25) is 10.1 Å². The Morgan fingerprint density at radius 2 is 1.83 bits per heavy atom. The fourth-order valence-corrected chi connectivity index (χ4v) is 2.88. The monoisotopic (exact) mass is 367 g/mol. The molecule has 0 amide bonds. The molecule has 0 aliphatic heterocycles. The summed E-state index contributed by atoms with van der Waals surface area (Å²) < 4.78 is 60.0.